The maximum Gasteiger partial charge on any atom is 0.255 e. The highest BCUT2D eigenvalue weighted by Gasteiger charge is 2.23. The van der Waals surface area contributed by atoms with E-state index in [0.717, 1.165) is 11.1 Å². The number of fused-ring (bicyclic) bond motifs is 1. The van der Waals surface area contributed by atoms with E-state index in [1.807, 2.05) is 50.2 Å². The largest absolute Gasteiger partial charge is 0.355 e. The lowest BCUT2D eigenvalue weighted by Gasteiger charge is -2.21. The number of carbonyl (C=O) groups excluding carboxylic acids is 2. The Morgan fingerprint density at radius 2 is 1.85 bits per heavy atom. The van der Waals surface area contributed by atoms with Gasteiger partial charge in [0.1, 0.15) is 5.82 Å². The van der Waals surface area contributed by atoms with Crippen LogP contribution in [0.5, 0.6) is 0 Å². The topological polar surface area (TPSA) is 80.1 Å². The molecule has 0 aliphatic heterocycles. The molecule has 0 saturated carbocycles. The number of nitrogens with one attached hydrogen (secondary N) is 1. The molecule has 0 fully saturated rings. The van der Waals surface area contributed by atoms with Crippen LogP contribution in [0.15, 0.2) is 66.9 Å². The molecule has 1 N–H and O–H groups in total. The van der Waals surface area contributed by atoms with Crippen molar-refractivity contribution in [1.29, 1.82) is 0 Å². The molecule has 0 spiro atoms. The van der Waals surface area contributed by atoms with Crippen molar-refractivity contribution in [2.75, 3.05) is 19.6 Å². The van der Waals surface area contributed by atoms with Gasteiger partial charge in [0.2, 0.25) is 5.91 Å². The van der Waals surface area contributed by atoms with Crippen molar-refractivity contribution in [3.8, 4) is 11.3 Å². The molecule has 2 aromatic carbocycles. The minimum Gasteiger partial charge on any atom is -0.355 e. The van der Waals surface area contributed by atoms with Crippen molar-refractivity contribution in [2.24, 2.45) is 0 Å². The number of carbonyl (C=O) groups is 2. The zero-order chi connectivity index (χ0) is 24.1. The second-order valence-electron chi connectivity index (χ2n) is 7.86. The molecule has 0 unspecified atom stereocenters. The summed E-state index contributed by atoms with van der Waals surface area (Å²) in [4.78, 5) is 32.0. The number of rotatable bonds is 8. The van der Waals surface area contributed by atoms with Gasteiger partial charge in [-0.1, -0.05) is 42.5 Å². The number of benzene rings is 2. The fourth-order valence-corrected chi connectivity index (χ4v) is 3.83. The molecule has 0 aliphatic carbocycles. The molecular weight excluding hydrogens is 433 g/mol. The molecule has 7 nitrogen and oxygen atoms in total. The summed E-state index contributed by atoms with van der Waals surface area (Å²) < 4.78 is 15.4. The van der Waals surface area contributed by atoms with Crippen LogP contribution in [0.25, 0.3) is 22.3 Å². The van der Waals surface area contributed by atoms with Crippen molar-refractivity contribution in [3.05, 3.63) is 83.8 Å². The number of hydrogen-bond donors (Lipinski definition) is 1. The normalized spacial score (nSPS) is 10.9. The van der Waals surface area contributed by atoms with Crippen molar-refractivity contribution in [2.45, 2.75) is 20.4 Å². The lowest BCUT2D eigenvalue weighted by molar-refractivity contribution is -0.121. The van der Waals surface area contributed by atoms with Crippen LogP contribution in [-0.2, 0) is 11.3 Å². The summed E-state index contributed by atoms with van der Waals surface area (Å²) >= 11 is 0. The summed E-state index contributed by atoms with van der Waals surface area (Å²) in [6.07, 6.45) is 1.60. The Labute approximate surface area is 197 Å². The minimum atomic E-state index is -0.327. The average Bonchev–Trinajstić information content (AvgIpc) is 3.25. The van der Waals surface area contributed by atoms with Crippen LogP contribution in [0.1, 0.15) is 29.8 Å². The van der Waals surface area contributed by atoms with Gasteiger partial charge >= 0.3 is 0 Å². The van der Waals surface area contributed by atoms with Gasteiger partial charge in [0, 0.05) is 18.7 Å². The Hall–Kier alpha value is -4.07. The molecule has 4 rings (SSSR count). The van der Waals surface area contributed by atoms with Gasteiger partial charge in [0.05, 0.1) is 35.9 Å². The van der Waals surface area contributed by atoms with Crippen LogP contribution in [0, 0.1) is 5.82 Å². The number of hydrogen-bond acceptors (Lipinski definition) is 4. The van der Waals surface area contributed by atoms with E-state index in [0.29, 0.717) is 41.9 Å². The van der Waals surface area contributed by atoms with E-state index < -0.39 is 0 Å². The van der Waals surface area contributed by atoms with E-state index >= 15 is 0 Å². The van der Waals surface area contributed by atoms with Crippen molar-refractivity contribution in [3.63, 3.8) is 0 Å². The molecule has 2 heterocycles. The third-order valence-electron chi connectivity index (χ3n) is 5.51. The van der Waals surface area contributed by atoms with E-state index in [2.05, 4.69) is 10.4 Å². The monoisotopic (exact) mass is 459 g/mol. The molecule has 4 aromatic rings. The Morgan fingerprint density at radius 1 is 1.06 bits per heavy atom. The zero-order valence-corrected chi connectivity index (χ0v) is 19.2. The molecule has 8 heteroatoms. The molecule has 0 atom stereocenters. The van der Waals surface area contributed by atoms with Crippen LogP contribution in [0.4, 0.5) is 4.39 Å². The predicted molar refractivity (Wildman–Crippen MR) is 129 cm³/mol. The number of nitrogens with zero attached hydrogens (tertiary/aromatic N) is 4. The van der Waals surface area contributed by atoms with Gasteiger partial charge in [-0.2, -0.15) is 5.10 Å². The van der Waals surface area contributed by atoms with Gasteiger partial charge in [-0.15, -0.1) is 0 Å². The van der Waals surface area contributed by atoms with Crippen molar-refractivity contribution in [1.82, 2.24) is 25.0 Å². The Morgan fingerprint density at radius 3 is 2.56 bits per heavy atom. The summed E-state index contributed by atoms with van der Waals surface area (Å²) in [5, 5.41) is 7.77. The van der Waals surface area contributed by atoms with Crippen LogP contribution in [0.3, 0.4) is 0 Å². The Bertz CT molecular complexity index is 1320. The highest BCUT2D eigenvalue weighted by molar-refractivity contribution is 6.07. The van der Waals surface area contributed by atoms with E-state index in [1.165, 1.54) is 17.0 Å². The maximum atomic E-state index is 13.7. The zero-order valence-electron chi connectivity index (χ0n) is 19.2. The van der Waals surface area contributed by atoms with Gasteiger partial charge in [0.25, 0.3) is 5.91 Å². The molecule has 34 heavy (non-hydrogen) atoms. The lowest BCUT2D eigenvalue weighted by atomic mass is 10.1. The summed E-state index contributed by atoms with van der Waals surface area (Å²) in [6, 6.07) is 17.6. The first-order valence-electron chi connectivity index (χ1n) is 11.2. The van der Waals surface area contributed by atoms with Crippen LogP contribution in [-0.4, -0.2) is 51.1 Å². The second-order valence-corrected chi connectivity index (χ2v) is 7.86. The van der Waals surface area contributed by atoms with E-state index in [1.54, 1.807) is 23.0 Å². The standard InChI is InChI=1S/C26H26FN5O2/c1-3-28-24(33)17-31(4-2)26(34)21-14-23(19-10-6-5-7-11-19)30-25-22(21)15-29-32(25)16-18-9-8-12-20(27)13-18/h5-15H,3-4,16-17H2,1-2H3,(H,28,33). The predicted octanol–water partition coefficient (Wildman–Crippen LogP) is 3.88. The number of aromatic nitrogens is 3. The highest BCUT2D eigenvalue weighted by atomic mass is 19.1. The molecule has 174 valence electrons. The summed E-state index contributed by atoms with van der Waals surface area (Å²) in [6.45, 7) is 4.80. The second kappa shape index (κ2) is 10.2. The van der Waals surface area contributed by atoms with Crippen molar-refractivity contribution >= 4 is 22.8 Å². The third kappa shape index (κ3) is 4.96. The smallest absolute Gasteiger partial charge is 0.255 e. The van der Waals surface area contributed by atoms with Gasteiger partial charge < -0.3 is 10.2 Å². The Balaban J connectivity index is 1.81. The molecule has 0 aliphatic rings. The number of amides is 2. The Kier molecular flexibility index (Phi) is 6.96. The summed E-state index contributed by atoms with van der Waals surface area (Å²) in [5.74, 6) is -0.816. The van der Waals surface area contributed by atoms with E-state index in [-0.39, 0.29) is 24.2 Å². The average molecular weight is 460 g/mol. The quantitative estimate of drug-likeness (QED) is 0.434. The number of halogens is 1. The van der Waals surface area contributed by atoms with Crippen LogP contribution >= 0.6 is 0 Å². The van der Waals surface area contributed by atoms with E-state index in [9.17, 15) is 14.0 Å². The van der Waals surface area contributed by atoms with Crippen LogP contribution < -0.4 is 5.32 Å². The van der Waals surface area contributed by atoms with Gasteiger partial charge in [-0.05, 0) is 37.6 Å². The van der Waals surface area contributed by atoms with E-state index in [4.69, 9.17) is 4.98 Å². The number of pyridine rings is 1. The van der Waals surface area contributed by atoms with Gasteiger partial charge in [-0.3, -0.25) is 9.59 Å². The molecule has 0 saturated heterocycles. The molecule has 0 bridgehead atoms. The molecular formula is C26H26FN5O2. The fraction of sp³-hybridized carbons (Fsp3) is 0.231. The SMILES string of the molecule is CCNC(=O)CN(CC)C(=O)c1cc(-c2ccccc2)nc2c1cnn2Cc1cccc(F)c1. The summed E-state index contributed by atoms with van der Waals surface area (Å²) in [5.41, 5.74) is 3.13. The fourth-order valence-electron chi connectivity index (χ4n) is 3.83. The first kappa shape index (κ1) is 23.1. The maximum absolute atomic E-state index is 13.7. The third-order valence-corrected chi connectivity index (χ3v) is 5.51. The molecule has 2 aromatic heterocycles. The number of likely N-dealkylation sites (N-methyl/N-ethyl adjacent to an activating group) is 2. The highest BCUT2D eigenvalue weighted by Crippen LogP contribution is 2.26. The van der Waals surface area contributed by atoms with Crippen molar-refractivity contribution < 1.29 is 14.0 Å². The summed E-state index contributed by atoms with van der Waals surface area (Å²) in [7, 11) is 0. The lowest BCUT2D eigenvalue weighted by Crippen LogP contribution is -2.40. The molecule has 0 radical (unpaired) electrons. The van der Waals surface area contributed by atoms with Gasteiger partial charge in [-0.25, -0.2) is 14.1 Å². The van der Waals surface area contributed by atoms with Gasteiger partial charge in [0.15, 0.2) is 5.65 Å². The molecule has 2 amide bonds. The minimum absolute atomic E-state index is 0.0366. The first-order valence-corrected chi connectivity index (χ1v) is 11.2. The first-order chi connectivity index (χ1) is 16.5. The van der Waals surface area contributed by atoms with Crippen LogP contribution in [0.2, 0.25) is 0 Å².